The van der Waals surface area contributed by atoms with Crippen molar-refractivity contribution < 1.29 is 13.2 Å². The number of halogens is 3. The van der Waals surface area contributed by atoms with Crippen molar-refractivity contribution in [1.82, 2.24) is 9.13 Å². The van der Waals surface area contributed by atoms with Crippen LogP contribution < -0.4 is 5.69 Å². The molecule has 0 fully saturated rings. The minimum atomic E-state index is -4.15. The lowest BCUT2D eigenvalue weighted by Crippen LogP contribution is -2.25. The first-order valence-electron chi connectivity index (χ1n) is 5.15. The number of aryl methyl sites for hydroxylation is 1. The Hall–Kier alpha value is -1.20. The first kappa shape index (κ1) is 12.9. The smallest absolute Gasteiger partial charge is 0.299 e. The van der Waals surface area contributed by atoms with Crippen LogP contribution in [0, 0.1) is 0 Å². The standard InChI is InChI=1S/C10H15F3N2O/c1-8(2)15-7-6-14(9(15)16)5-3-4-10(11,12)13/h6-8H,3-5H2,1-2H3. The summed E-state index contributed by atoms with van der Waals surface area (Å²) in [5.74, 6) is 0. The van der Waals surface area contributed by atoms with E-state index in [1.807, 2.05) is 13.8 Å². The van der Waals surface area contributed by atoms with Crippen molar-refractivity contribution >= 4 is 0 Å². The van der Waals surface area contributed by atoms with Crippen molar-refractivity contribution in [2.75, 3.05) is 0 Å². The average Bonchev–Trinajstić information content (AvgIpc) is 2.46. The number of hydrogen-bond donors (Lipinski definition) is 0. The third-order valence-electron chi connectivity index (χ3n) is 2.29. The monoisotopic (exact) mass is 236 g/mol. The molecule has 0 aliphatic heterocycles. The molecular formula is C10H15F3N2O. The summed E-state index contributed by atoms with van der Waals surface area (Å²) in [4.78, 5) is 11.6. The second kappa shape index (κ2) is 4.76. The first-order valence-corrected chi connectivity index (χ1v) is 5.15. The topological polar surface area (TPSA) is 26.9 Å². The van der Waals surface area contributed by atoms with Crippen molar-refractivity contribution in [3.05, 3.63) is 22.9 Å². The van der Waals surface area contributed by atoms with Crippen LogP contribution in [0.4, 0.5) is 13.2 Å². The van der Waals surface area contributed by atoms with Crippen molar-refractivity contribution in [2.24, 2.45) is 0 Å². The number of nitrogens with zero attached hydrogens (tertiary/aromatic N) is 2. The van der Waals surface area contributed by atoms with Crippen LogP contribution in [0.2, 0.25) is 0 Å². The van der Waals surface area contributed by atoms with Gasteiger partial charge in [-0.3, -0.25) is 9.13 Å². The summed E-state index contributed by atoms with van der Waals surface area (Å²) in [5.41, 5.74) is -0.253. The van der Waals surface area contributed by atoms with Gasteiger partial charge in [-0.15, -0.1) is 0 Å². The van der Waals surface area contributed by atoms with E-state index in [4.69, 9.17) is 0 Å². The van der Waals surface area contributed by atoms with Crippen molar-refractivity contribution in [2.45, 2.75) is 45.5 Å². The Morgan fingerprint density at radius 2 is 1.94 bits per heavy atom. The van der Waals surface area contributed by atoms with E-state index < -0.39 is 12.6 Å². The molecule has 0 aliphatic rings. The number of hydrogen-bond acceptors (Lipinski definition) is 1. The molecule has 0 N–H and O–H groups in total. The molecule has 0 spiro atoms. The Bertz CT molecular complexity index is 390. The molecule has 1 aromatic rings. The van der Waals surface area contributed by atoms with Crippen LogP contribution in [0.3, 0.4) is 0 Å². The molecule has 16 heavy (non-hydrogen) atoms. The normalized spacial score (nSPS) is 12.4. The molecule has 0 atom stereocenters. The zero-order chi connectivity index (χ0) is 12.3. The summed E-state index contributed by atoms with van der Waals surface area (Å²) < 4.78 is 38.5. The van der Waals surface area contributed by atoms with Crippen LogP contribution in [0.15, 0.2) is 17.2 Å². The lowest BCUT2D eigenvalue weighted by Gasteiger charge is -2.06. The largest absolute Gasteiger partial charge is 0.389 e. The molecule has 0 saturated heterocycles. The van der Waals surface area contributed by atoms with Crippen LogP contribution in [0.5, 0.6) is 0 Å². The summed E-state index contributed by atoms with van der Waals surface area (Å²) in [6.07, 6.45) is -1.94. The van der Waals surface area contributed by atoms with Crippen molar-refractivity contribution in [3.63, 3.8) is 0 Å². The molecule has 0 radical (unpaired) electrons. The Morgan fingerprint density at radius 3 is 2.38 bits per heavy atom. The predicted octanol–water partition coefficient (Wildman–Crippen LogP) is 2.57. The minimum Gasteiger partial charge on any atom is -0.299 e. The maximum Gasteiger partial charge on any atom is 0.389 e. The molecule has 0 amide bonds. The molecule has 6 heteroatoms. The summed E-state index contributed by atoms with van der Waals surface area (Å²) >= 11 is 0. The van der Waals surface area contributed by atoms with Gasteiger partial charge in [0.25, 0.3) is 0 Å². The summed E-state index contributed by atoms with van der Waals surface area (Å²) in [7, 11) is 0. The van der Waals surface area contributed by atoms with E-state index >= 15 is 0 Å². The van der Waals surface area contributed by atoms with Gasteiger partial charge in [-0.1, -0.05) is 0 Å². The van der Waals surface area contributed by atoms with E-state index in [2.05, 4.69) is 0 Å². The van der Waals surface area contributed by atoms with Crippen molar-refractivity contribution in [1.29, 1.82) is 0 Å². The second-order valence-corrected chi connectivity index (χ2v) is 3.99. The van der Waals surface area contributed by atoms with E-state index in [0.717, 1.165) is 0 Å². The van der Waals surface area contributed by atoms with Gasteiger partial charge in [0.15, 0.2) is 0 Å². The van der Waals surface area contributed by atoms with Gasteiger partial charge in [0, 0.05) is 31.4 Å². The quantitative estimate of drug-likeness (QED) is 0.789. The third-order valence-corrected chi connectivity index (χ3v) is 2.29. The van der Waals surface area contributed by atoms with Gasteiger partial charge in [0.2, 0.25) is 0 Å². The predicted molar refractivity (Wildman–Crippen MR) is 54.4 cm³/mol. The van der Waals surface area contributed by atoms with Gasteiger partial charge in [-0.05, 0) is 20.3 Å². The molecule has 1 heterocycles. The van der Waals surface area contributed by atoms with E-state index in [1.165, 1.54) is 15.3 Å². The molecule has 0 aliphatic carbocycles. The number of rotatable bonds is 4. The molecule has 1 rings (SSSR count). The molecule has 0 aromatic carbocycles. The molecular weight excluding hydrogens is 221 g/mol. The van der Waals surface area contributed by atoms with E-state index in [1.54, 1.807) is 6.20 Å². The maximum atomic E-state index is 11.9. The summed E-state index contributed by atoms with van der Waals surface area (Å²) in [5, 5.41) is 0. The SMILES string of the molecule is CC(C)n1ccn(CCCC(F)(F)F)c1=O. The number of imidazole rings is 1. The van der Waals surface area contributed by atoms with Crippen molar-refractivity contribution in [3.8, 4) is 0 Å². The van der Waals surface area contributed by atoms with Gasteiger partial charge in [-0.2, -0.15) is 13.2 Å². The van der Waals surface area contributed by atoms with Crippen LogP contribution in [0.25, 0.3) is 0 Å². The molecule has 0 unspecified atom stereocenters. The van der Waals surface area contributed by atoms with Crippen LogP contribution in [-0.2, 0) is 6.54 Å². The zero-order valence-electron chi connectivity index (χ0n) is 9.29. The molecule has 92 valence electrons. The summed E-state index contributed by atoms with van der Waals surface area (Å²) in [6, 6.07) is 0.0244. The lowest BCUT2D eigenvalue weighted by molar-refractivity contribution is -0.135. The summed E-state index contributed by atoms with van der Waals surface area (Å²) in [6.45, 7) is 3.81. The zero-order valence-corrected chi connectivity index (χ0v) is 9.29. The Kier molecular flexibility index (Phi) is 3.83. The van der Waals surface area contributed by atoms with Crippen LogP contribution >= 0.6 is 0 Å². The second-order valence-electron chi connectivity index (χ2n) is 3.99. The number of aromatic nitrogens is 2. The number of alkyl halides is 3. The third kappa shape index (κ3) is 3.43. The minimum absolute atomic E-state index is 0.0244. The highest BCUT2D eigenvalue weighted by Crippen LogP contribution is 2.21. The highest BCUT2D eigenvalue weighted by molar-refractivity contribution is 4.83. The van der Waals surface area contributed by atoms with Gasteiger partial charge >= 0.3 is 11.9 Å². The Balaban J connectivity index is 2.59. The van der Waals surface area contributed by atoms with Gasteiger partial charge in [0.1, 0.15) is 0 Å². The van der Waals surface area contributed by atoms with Crippen LogP contribution in [-0.4, -0.2) is 15.3 Å². The molecule has 3 nitrogen and oxygen atoms in total. The highest BCUT2D eigenvalue weighted by atomic mass is 19.4. The van der Waals surface area contributed by atoms with E-state index in [-0.39, 0.29) is 24.7 Å². The fraction of sp³-hybridized carbons (Fsp3) is 0.700. The molecule has 1 aromatic heterocycles. The lowest BCUT2D eigenvalue weighted by atomic mass is 10.3. The molecule has 0 bridgehead atoms. The fourth-order valence-corrected chi connectivity index (χ4v) is 1.44. The van der Waals surface area contributed by atoms with Gasteiger partial charge in [0.05, 0.1) is 0 Å². The first-order chi connectivity index (χ1) is 7.31. The fourth-order valence-electron chi connectivity index (χ4n) is 1.44. The molecule has 0 saturated carbocycles. The van der Waals surface area contributed by atoms with E-state index in [9.17, 15) is 18.0 Å². The highest BCUT2D eigenvalue weighted by Gasteiger charge is 2.26. The van der Waals surface area contributed by atoms with Crippen LogP contribution in [0.1, 0.15) is 32.7 Å². The Morgan fingerprint density at radius 1 is 1.31 bits per heavy atom. The average molecular weight is 236 g/mol. The van der Waals surface area contributed by atoms with E-state index in [0.29, 0.717) is 0 Å². The van der Waals surface area contributed by atoms with Gasteiger partial charge in [-0.25, -0.2) is 4.79 Å². The Labute approximate surface area is 91.5 Å². The van der Waals surface area contributed by atoms with Gasteiger partial charge < -0.3 is 0 Å². The maximum absolute atomic E-state index is 11.9.